The van der Waals surface area contributed by atoms with E-state index >= 15 is 0 Å². The lowest BCUT2D eigenvalue weighted by Crippen LogP contribution is -2.44. The van der Waals surface area contributed by atoms with E-state index in [1.807, 2.05) is 0 Å². The molecule has 0 aromatic heterocycles. The molecular weight excluding hydrogens is 310 g/mol. The van der Waals surface area contributed by atoms with Crippen molar-refractivity contribution in [1.29, 1.82) is 0 Å². The Kier molecular flexibility index (Phi) is 5.10. The highest BCUT2D eigenvalue weighted by Gasteiger charge is 2.58. The van der Waals surface area contributed by atoms with Crippen LogP contribution in [0.15, 0.2) is 5.11 Å². The summed E-state index contributed by atoms with van der Waals surface area (Å²) >= 11 is 0. The number of esters is 2. The van der Waals surface area contributed by atoms with Crippen LogP contribution in [0.2, 0.25) is 0 Å². The molecule has 2 heterocycles. The van der Waals surface area contributed by atoms with Gasteiger partial charge in [-0.2, -0.15) is 0 Å². The molecule has 0 aromatic carbocycles. The second-order valence-corrected chi connectivity index (χ2v) is 5.72. The van der Waals surface area contributed by atoms with Gasteiger partial charge in [-0.05, 0) is 19.4 Å². The molecule has 0 spiro atoms. The second-order valence-electron chi connectivity index (χ2n) is 5.72. The Morgan fingerprint density at radius 1 is 1.30 bits per heavy atom. The third-order valence-corrected chi connectivity index (χ3v) is 3.37. The average Bonchev–Trinajstić information content (AvgIpc) is 2.87. The van der Waals surface area contributed by atoms with E-state index in [1.54, 1.807) is 13.8 Å². The van der Waals surface area contributed by atoms with Gasteiger partial charge in [0.2, 0.25) is 0 Å². The molecule has 0 aliphatic carbocycles. The van der Waals surface area contributed by atoms with Crippen molar-refractivity contribution in [1.82, 2.24) is 0 Å². The number of nitrogens with zero attached hydrogens (tertiary/aromatic N) is 3. The second kappa shape index (κ2) is 6.71. The highest BCUT2D eigenvalue weighted by molar-refractivity contribution is 5.66. The monoisotopic (exact) mass is 329 g/mol. The van der Waals surface area contributed by atoms with Gasteiger partial charge in [0.25, 0.3) is 0 Å². The fraction of sp³-hybridized carbons (Fsp3) is 0.846. The van der Waals surface area contributed by atoms with Gasteiger partial charge in [-0.25, -0.2) is 0 Å². The van der Waals surface area contributed by atoms with E-state index in [1.165, 1.54) is 13.8 Å². The van der Waals surface area contributed by atoms with Crippen LogP contribution in [0.1, 0.15) is 27.7 Å². The highest BCUT2D eigenvalue weighted by Crippen LogP contribution is 2.40. The van der Waals surface area contributed by atoms with Crippen LogP contribution in [-0.4, -0.2) is 55.0 Å². The number of hydrogen-bond donors (Lipinski definition) is 0. The van der Waals surface area contributed by atoms with E-state index < -0.39 is 48.4 Å². The third-order valence-electron chi connectivity index (χ3n) is 3.37. The Morgan fingerprint density at radius 3 is 2.57 bits per heavy atom. The van der Waals surface area contributed by atoms with E-state index in [2.05, 4.69) is 10.0 Å². The minimum Gasteiger partial charge on any atom is -0.465 e. The molecule has 2 rings (SSSR count). The minimum absolute atomic E-state index is 0.204. The quantitative estimate of drug-likeness (QED) is 0.319. The van der Waals surface area contributed by atoms with Crippen molar-refractivity contribution in [3.8, 4) is 0 Å². The van der Waals surface area contributed by atoms with Crippen LogP contribution < -0.4 is 0 Å². The molecule has 0 aromatic rings. The molecule has 0 unspecified atom stereocenters. The van der Waals surface area contributed by atoms with E-state index in [-0.39, 0.29) is 6.61 Å². The molecule has 0 saturated carbocycles. The number of carbonyl (C=O) groups is 2. The molecule has 0 bridgehead atoms. The predicted octanol–water partition coefficient (Wildman–Crippen LogP) is 1.04. The van der Waals surface area contributed by atoms with Crippen molar-refractivity contribution in [2.24, 2.45) is 5.11 Å². The molecule has 10 heteroatoms. The summed E-state index contributed by atoms with van der Waals surface area (Å²) in [7, 11) is 0. The van der Waals surface area contributed by atoms with Gasteiger partial charge in [-0.3, -0.25) is 9.59 Å². The fourth-order valence-electron chi connectivity index (χ4n) is 2.60. The van der Waals surface area contributed by atoms with Crippen LogP contribution >= 0.6 is 0 Å². The van der Waals surface area contributed by atoms with Crippen LogP contribution in [0.25, 0.3) is 10.4 Å². The van der Waals surface area contributed by atoms with Gasteiger partial charge in [0.15, 0.2) is 24.3 Å². The summed E-state index contributed by atoms with van der Waals surface area (Å²) in [5.74, 6) is -1.95. The molecule has 2 aliphatic heterocycles. The molecule has 2 aliphatic rings. The van der Waals surface area contributed by atoms with Crippen LogP contribution in [-0.2, 0) is 33.3 Å². The number of carbonyl (C=O) groups excluding carboxylic acids is 2. The predicted molar refractivity (Wildman–Crippen MR) is 73.8 cm³/mol. The molecule has 10 nitrogen and oxygen atoms in total. The van der Waals surface area contributed by atoms with Crippen LogP contribution in [0.4, 0.5) is 0 Å². The molecule has 2 fully saturated rings. The van der Waals surface area contributed by atoms with Crippen LogP contribution in [0.5, 0.6) is 0 Å². The van der Waals surface area contributed by atoms with E-state index in [4.69, 9.17) is 29.2 Å². The zero-order valence-electron chi connectivity index (χ0n) is 13.3. The van der Waals surface area contributed by atoms with Crippen molar-refractivity contribution in [2.75, 3.05) is 6.61 Å². The normalized spacial score (nSPS) is 32.5. The summed E-state index contributed by atoms with van der Waals surface area (Å²) in [5, 5.41) is 3.58. The molecule has 5 atom stereocenters. The standard InChI is InChI=1S/C13H19N3O7/c1-6(17)19-5-8(15-16-14)9-10(20-7(2)18)11-12(21-9)23-13(3,4)22-11/h8-12H,5H2,1-4H3/t8-,9+,10-,11+,12+/m0/s1. The lowest BCUT2D eigenvalue weighted by Gasteiger charge is -2.28. The summed E-state index contributed by atoms with van der Waals surface area (Å²) < 4.78 is 27.1. The van der Waals surface area contributed by atoms with Gasteiger partial charge in [-0.1, -0.05) is 5.11 Å². The minimum atomic E-state index is -0.886. The van der Waals surface area contributed by atoms with Crippen molar-refractivity contribution >= 4 is 11.9 Å². The maximum Gasteiger partial charge on any atom is 0.303 e. The Balaban J connectivity index is 2.19. The number of ether oxygens (including phenoxy) is 5. The van der Waals surface area contributed by atoms with Gasteiger partial charge >= 0.3 is 11.9 Å². The first-order valence-electron chi connectivity index (χ1n) is 7.09. The molecule has 0 N–H and O–H groups in total. The molecule has 128 valence electrons. The first-order valence-corrected chi connectivity index (χ1v) is 7.09. The van der Waals surface area contributed by atoms with Crippen LogP contribution in [0, 0.1) is 0 Å². The molecule has 2 saturated heterocycles. The maximum atomic E-state index is 11.4. The largest absolute Gasteiger partial charge is 0.465 e. The summed E-state index contributed by atoms with van der Waals surface area (Å²) in [5.41, 5.74) is 8.71. The number of hydrogen-bond acceptors (Lipinski definition) is 8. The van der Waals surface area contributed by atoms with E-state index in [0.29, 0.717) is 0 Å². The van der Waals surface area contributed by atoms with Crippen molar-refractivity contribution in [3.05, 3.63) is 10.4 Å². The first kappa shape index (κ1) is 17.5. The zero-order valence-corrected chi connectivity index (χ0v) is 13.3. The summed E-state index contributed by atoms with van der Waals surface area (Å²) in [6.45, 7) is 5.69. The SMILES string of the molecule is CC(=O)OC[C@H](N=[N+]=[N-])[C@H]1O[C@@H]2OC(C)(C)O[C@@H]2[C@H]1OC(C)=O. The van der Waals surface area contributed by atoms with Gasteiger partial charge in [0, 0.05) is 18.8 Å². The van der Waals surface area contributed by atoms with E-state index in [0.717, 1.165) is 0 Å². The van der Waals surface area contributed by atoms with Gasteiger partial charge in [-0.15, -0.1) is 0 Å². The number of fused-ring (bicyclic) bond motifs is 1. The molecular formula is C13H19N3O7. The topological polar surface area (TPSA) is 129 Å². The Bertz CT molecular complexity index is 532. The number of rotatable bonds is 5. The Hall–Kier alpha value is -1.87. The lowest BCUT2D eigenvalue weighted by molar-refractivity contribution is -0.221. The van der Waals surface area contributed by atoms with Gasteiger partial charge < -0.3 is 23.7 Å². The Morgan fingerprint density at radius 2 is 2.00 bits per heavy atom. The van der Waals surface area contributed by atoms with Gasteiger partial charge in [0.05, 0.1) is 0 Å². The van der Waals surface area contributed by atoms with Crippen molar-refractivity contribution in [2.45, 2.75) is 64.1 Å². The molecule has 0 amide bonds. The summed E-state index contributed by atoms with van der Waals surface area (Å²) in [6.07, 6.45) is -3.12. The summed E-state index contributed by atoms with van der Waals surface area (Å²) in [6, 6.07) is -0.880. The average molecular weight is 329 g/mol. The number of azide groups is 1. The van der Waals surface area contributed by atoms with Crippen LogP contribution in [0.3, 0.4) is 0 Å². The lowest BCUT2D eigenvalue weighted by atomic mass is 10.0. The maximum absolute atomic E-state index is 11.4. The first-order chi connectivity index (χ1) is 10.7. The fourth-order valence-corrected chi connectivity index (χ4v) is 2.60. The zero-order chi connectivity index (χ0) is 17.2. The molecule has 23 heavy (non-hydrogen) atoms. The third kappa shape index (κ3) is 4.11. The molecule has 0 radical (unpaired) electrons. The highest BCUT2D eigenvalue weighted by atomic mass is 16.8. The van der Waals surface area contributed by atoms with Crippen molar-refractivity contribution in [3.63, 3.8) is 0 Å². The van der Waals surface area contributed by atoms with E-state index in [9.17, 15) is 9.59 Å². The Labute approximate surface area is 132 Å². The summed E-state index contributed by atoms with van der Waals surface area (Å²) in [4.78, 5) is 25.1. The van der Waals surface area contributed by atoms with Crippen molar-refractivity contribution < 1.29 is 33.3 Å². The van der Waals surface area contributed by atoms with Gasteiger partial charge in [0.1, 0.15) is 18.8 Å². The smallest absolute Gasteiger partial charge is 0.303 e.